The van der Waals surface area contributed by atoms with Gasteiger partial charge in [0.15, 0.2) is 0 Å². The number of benzene rings is 1. The maximum Gasteiger partial charge on any atom is 0.269 e. The molecule has 1 unspecified atom stereocenters. The number of non-ortho nitro benzene ring substituents is 1. The van der Waals surface area contributed by atoms with Crippen LogP contribution in [0.25, 0.3) is 0 Å². The molecule has 1 aromatic carbocycles. The van der Waals surface area contributed by atoms with Crippen LogP contribution in [0.15, 0.2) is 23.1 Å². The zero-order chi connectivity index (χ0) is 15.2. The maximum atomic E-state index is 10.9. The van der Waals surface area contributed by atoms with Crippen molar-refractivity contribution in [1.82, 2.24) is 0 Å². The predicted octanol–water partition coefficient (Wildman–Crippen LogP) is 3.40. The van der Waals surface area contributed by atoms with E-state index < -0.39 is 4.92 Å². The van der Waals surface area contributed by atoms with E-state index in [4.69, 9.17) is 10.8 Å². The van der Waals surface area contributed by atoms with Gasteiger partial charge < -0.3 is 10.8 Å². The zero-order valence-electron chi connectivity index (χ0n) is 12.0. The summed E-state index contributed by atoms with van der Waals surface area (Å²) < 4.78 is 0. The highest BCUT2D eigenvalue weighted by Crippen LogP contribution is 2.38. The summed E-state index contributed by atoms with van der Waals surface area (Å²) in [5.74, 6) is 0. The molecular weight excluding hydrogens is 288 g/mol. The Bertz CT molecular complexity index is 490. The van der Waals surface area contributed by atoms with Gasteiger partial charge in [0.1, 0.15) is 0 Å². The van der Waals surface area contributed by atoms with E-state index in [-0.39, 0.29) is 18.3 Å². The fourth-order valence-electron chi connectivity index (χ4n) is 2.70. The summed E-state index contributed by atoms with van der Waals surface area (Å²) in [6, 6.07) is 4.55. The third kappa shape index (κ3) is 4.43. The van der Waals surface area contributed by atoms with Crippen molar-refractivity contribution in [3.05, 3.63) is 33.9 Å². The second-order valence-corrected chi connectivity index (χ2v) is 6.82. The zero-order valence-corrected chi connectivity index (χ0v) is 12.8. The highest BCUT2D eigenvalue weighted by Gasteiger charge is 2.20. The lowest BCUT2D eigenvalue weighted by Crippen LogP contribution is -2.15. The topological polar surface area (TPSA) is 89.4 Å². The number of nitrogens with two attached hydrogens (primary N) is 1. The summed E-state index contributed by atoms with van der Waals surface area (Å²) in [5, 5.41) is 20.6. The number of aliphatic hydroxyl groups is 1. The van der Waals surface area contributed by atoms with Crippen LogP contribution >= 0.6 is 11.8 Å². The van der Waals surface area contributed by atoms with Gasteiger partial charge in [0, 0.05) is 34.9 Å². The summed E-state index contributed by atoms with van der Waals surface area (Å²) >= 11 is 1.78. The van der Waals surface area contributed by atoms with Crippen molar-refractivity contribution in [2.24, 2.45) is 5.73 Å². The maximum absolute atomic E-state index is 10.9. The Morgan fingerprint density at radius 1 is 1.38 bits per heavy atom. The largest absolute Gasteiger partial charge is 0.396 e. The van der Waals surface area contributed by atoms with Crippen molar-refractivity contribution in [1.29, 1.82) is 0 Å². The monoisotopic (exact) mass is 310 g/mol. The minimum atomic E-state index is -0.399. The minimum Gasteiger partial charge on any atom is -0.396 e. The average molecular weight is 310 g/mol. The Morgan fingerprint density at radius 2 is 2.10 bits per heavy atom. The van der Waals surface area contributed by atoms with Gasteiger partial charge in [0.25, 0.3) is 5.69 Å². The first-order valence-electron chi connectivity index (χ1n) is 7.43. The fourth-order valence-corrected chi connectivity index (χ4v) is 4.12. The first-order valence-corrected chi connectivity index (χ1v) is 8.31. The molecule has 1 aromatic rings. The SMILES string of the molecule is NC(CCO)c1cc([N+](=O)[O-])ccc1SC1CCCCC1. The molecule has 0 aromatic heterocycles. The van der Waals surface area contributed by atoms with Crippen molar-refractivity contribution in [2.75, 3.05) is 6.61 Å². The quantitative estimate of drug-likeness (QED) is 0.621. The van der Waals surface area contributed by atoms with E-state index in [1.807, 2.05) is 6.07 Å². The Labute approximate surface area is 129 Å². The molecule has 21 heavy (non-hydrogen) atoms. The van der Waals surface area contributed by atoms with Gasteiger partial charge in [-0.25, -0.2) is 0 Å². The van der Waals surface area contributed by atoms with Gasteiger partial charge in [-0.1, -0.05) is 19.3 Å². The minimum absolute atomic E-state index is 0.0165. The molecule has 0 bridgehead atoms. The third-order valence-electron chi connectivity index (χ3n) is 3.89. The smallest absolute Gasteiger partial charge is 0.269 e. The molecule has 0 saturated heterocycles. The molecule has 0 radical (unpaired) electrons. The molecule has 2 rings (SSSR count). The molecule has 0 heterocycles. The van der Waals surface area contributed by atoms with Crippen LogP contribution in [0.5, 0.6) is 0 Å². The van der Waals surface area contributed by atoms with Crippen LogP contribution in [0.4, 0.5) is 5.69 Å². The lowest BCUT2D eigenvalue weighted by atomic mass is 10.0. The summed E-state index contributed by atoms with van der Waals surface area (Å²) in [4.78, 5) is 11.6. The van der Waals surface area contributed by atoms with E-state index >= 15 is 0 Å². The van der Waals surface area contributed by atoms with Gasteiger partial charge >= 0.3 is 0 Å². The van der Waals surface area contributed by atoms with E-state index in [1.54, 1.807) is 23.9 Å². The summed E-state index contributed by atoms with van der Waals surface area (Å²) in [6.07, 6.45) is 6.60. The van der Waals surface area contributed by atoms with Crippen molar-refractivity contribution < 1.29 is 10.0 Å². The van der Waals surface area contributed by atoms with Crippen LogP contribution in [0.3, 0.4) is 0 Å². The molecule has 0 amide bonds. The number of thioether (sulfide) groups is 1. The number of rotatable bonds is 6. The van der Waals surface area contributed by atoms with Crippen LogP contribution in [0.2, 0.25) is 0 Å². The second kappa shape index (κ2) is 7.77. The van der Waals surface area contributed by atoms with E-state index in [9.17, 15) is 10.1 Å². The lowest BCUT2D eigenvalue weighted by Gasteiger charge is -2.23. The number of hydrogen-bond donors (Lipinski definition) is 2. The second-order valence-electron chi connectivity index (χ2n) is 5.48. The molecule has 0 aliphatic heterocycles. The molecule has 1 aliphatic rings. The molecule has 3 N–H and O–H groups in total. The van der Waals surface area contributed by atoms with E-state index in [0.717, 1.165) is 10.5 Å². The molecule has 1 fully saturated rings. The number of nitro benzene ring substituents is 1. The van der Waals surface area contributed by atoms with Crippen LogP contribution in [-0.4, -0.2) is 21.9 Å². The Kier molecular flexibility index (Phi) is 6.02. The predicted molar refractivity (Wildman–Crippen MR) is 84.5 cm³/mol. The normalized spacial score (nSPS) is 17.6. The van der Waals surface area contributed by atoms with Crippen LogP contribution < -0.4 is 5.73 Å². The average Bonchev–Trinajstić information content (AvgIpc) is 2.48. The molecule has 116 valence electrons. The molecule has 6 heteroatoms. The van der Waals surface area contributed by atoms with Gasteiger partial charge in [0.05, 0.1) is 4.92 Å². The summed E-state index contributed by atoms with van der Waals surface area (Å²) in [6.45, 7) is -0.0165. The van der Waals surface area contributed by atoms with Gasteiger partial charge in [-0.05, 0) is 30.9 Å². The van der Waals surface area contributed by atoms with Crippen LogP contribution in [-0.2, 0) is 0 Å². The highest BCUT2D eigenvalue weighted by molar-refractivity contribution is 8.00. The van der Waals surface area contributed by atoms with Crippen LogP contribution in [0, 0.1) is 10.1 Å². The van der Waals surface area contributed by atoms with Gasteiger partial charge in [-0.3, -0.25) is 10.1 Å². The van der Waals surface area contributed by atoms with Gasteiger partial charge in [0.2, 0.25) is 0 Å². The first-order chi connectivity index (χ1) is 10.1. The van der Waals surface area contributed by atoms with Crippen molar-refractivity contribution >= 4 is 17.4 Å². The Balaban J connectivity index is 2.22. The Morgan fingerprint density at radius 3 is 2.71 bits per heavy atom. The van der Waals surface area contributed by atoms with Crippen molar-refractivity contribution in [3.63, 3.8) is 0 Å². The number of nitro groups is 1. The van der Waals surface area contributed by atoms with Crippen molar-refractivity contribution in [3.8, 4) is 0 Å². The molecule has 1 atom stereocenters. The van der Waals surface area contributed by atoms with E-state index in [2.05, 4.69) is 0 Å². The standard InChI is InChI=1S/C15H22N2O3S/c16-14(8-9-18)13-10-11(17(19)20)6-7-15(13)21-12-4-2-1-3-5-12/h6-7,10,12,14,18H,1-5,8-9,16H2. The molecule has 0 spiro atoms. The van der Waals surface area contributed by atoms with Crippen molar-refractivity contribution in [2.45, 2.75) is 54.7 Å². The van der Waals surface area contributed by atoms with Gasteiger partial charge in [-0.15, -0.1) is 11.8 Å². The molecule has 1 saturated carbocycles. The summed E-state index contributed by atoms with van der Waals surface area (Å²) in [7, 11) is 0. The summed E-state index contributed by atoms with van der Waals surface area (Å²) in [5.41, 5.74) is 6.93. The van der Waals surface area contributed by atoms with E-state index in [1.165, 1.54) is 32.1 Å². The number of nitrogens with zero attached hydrogens (tertiary/aromatic N) is 1. The molecule has 5 nitrogen and oxygen atoms in total. The molecular formula is C15H22N2O3S. The Hall–Kier alpha value is -1.11. The lowest BCUT2D eigenvalue weighted by molar-refractivity contribution is -0.385. The number of hydrogen-bond acceptors (Lipinski definition) is 5. The number of aliphatic hydroxyl groups excluding tert-OH is 1. The molecule has 1 aliphatic carbocycles. The highest BCUT2D eigenvalue weighted by atomic mass is 32.2. The van der Waals surface area contributed by atoms with E-state index in [0.29, 0.717) is 11.7 Å². The van der Waals surface area contributed by atoms with Gasteiger partial charge in [-0.2, -0.15) is 0 Å². The van der Waals surface area contributed by atoms with Crippen LogP contribution in [0.1, 0.15) is 50.1 Å². The third-order valence-corrected chi connectivity index (χ3v) is 5.32. The first kappa shape index (κ1) is 16.3. The fraction of sp³-hybridized carbons (Fsp3) is 0.600.